The van der Waals surface area contributed by atoms with Gasteiger partial charge in [-0.15, -0.1) is 11.3 Å². The van der Waals surface area contributed by atoms with E-state index in [1.165, 1.54) is 9.78 Å². The van der Waals surface area contributed by atoms with Crippen LogP contribution in [-0.2, 0) is 16.1 Å². The molecule has 0 N–H and O–H groups in total. The van der Waals surface area contributed by atoms with E-state index in [1.807, 2.05) is 38.1 Å². The maximum Gasteiger partial charge on any atom is 0.251 e. The molecule has 2 saturated heterocycles. The van der Waals surface area contributed by atoms with Gasteiger partial charge in [0.1, 0.15) is 0 Å². The number of imide groups is 1. The molecule has 28 heavy (non-hydrogen) atoms. The van der Waals surface area contributed by atoms with E-state index in [1.54, 1.807) is 11.3 Å². The molecular weight excluding hydrogens is 394 g/mol. The second-order valence-corrected chi connectivity index (χ2v) is 9.35. The van der Waals surface area contributed by atoms with Crippen molar-refractivity contribution in [2.24, 2.45) is 0 Å². The van der Waals surface area contributed by atoms with Crippen molar-refractivity contribution < 1.29 is 9.59 Å². The fourth-order valence-electron chi connectivity index (χ4n) is 4.18. The Morgan fingerprint density at radius 2 is 1.71 bits per heavy atom. The van der Waals surface area contributed by atoms with Gasteiger partial charge in [0.15, 0.2) is 0 Å². The van der Waals surface area contributed by atoms with E-state index < -0.39 is 0 Å². The molecule has 1 aromatic carbocycles. The number of benzene rings is 1. The van der Waals surface area contributed by atoms with Gasteiger partial charge in [-0.25, -0.2) is 4.90 Å². The fourth-order valence-corrected chi connectivity index (χ4v) is 5.31. The monoisotopic (exact) mass is 417 g/mol. The van der Waals surface area contributed by atoms with Crippen LogP contribution in [0.25, 0.3) is 0 Å². The van der Waals surface area contributed by atoms with Crippen LogP contribution in [0.2, 0.25) is 4.34 Å². The number of halogens is 1. The lowest BCUT2D eigenvalue weighted by Crippen LogP contribution is -2.52. The summed E-state index contributed by atoms with van der Waals surface area (Å²) in [6.45, 7) is 8.15. The summed E-state index contributed by atoms with van der Waals surface area (Å²) < 4.78 is 0.815. The third-order valence-corrected chi connectivity index (χ3v) is 6.86. The molecule has 1 aromatic heterocycles. The highest BCUT2D eigenvalue weighted by Crippen LogP contribution is 2.31. The number of aryl methyl sites for hydroxylation is 2. The smallest absolute Gasteiger partial charge is 0.251 e. The molecule has 148 valence electrons. The molecular formula is C21H24ClN3O2S. The van der Waals surface area contributed by atoms with Gasteiger partial charge in [-0.1, -0.05) is 29.8 Å². The summed E-state index contributed by atoms with van der Waals surface area (Å²) in [6, 6.07) is 9.52. The highest BCUT2D eigenvalue weighted by atomic mass is 35.5. The summed E-state index contributed by atoms with van der Waals surface area (Å²) in [6.07, 6.45) is 0.271. The molecule has 1 atom stereocenters. The maximum atomic E-state index is 13.1. The number of piperazine rings is 1. The predicted octanol–water partition coefficient (Wildman–Crippen LogP) is 3.47. The Hall–Kier alpha value is -1.73. The number of para-hydroxylation sites is 1. The predicted molar refractivity (Wildman–Crippen MR) is 113 cm³/mol. The second kappa shape index (κ2) is 7.95. The number of amides is 2. The van der Waals surface area contributed by atoms with Crippen LogP contribution in [0.4, 0.5) is 5.69 Å². The van der Waals surface area contributed by atoms with Crippen molar-refractivity contribution in [2.45, 2.75) is 32.9 Å². The van der Waals surface area contributed by atoms with E-state index >= 15 is 0 Å². The largest absolute Gasteiger partial charge is 0.296 e. The lowest BCUT2D eigenvalue weighted by molar-refractivity contribution is -0.123. The van der Waals surface area contributed by atoms with Crippen molar-refractivity contribution >= 4 is 40.4 Å². The van der Waals surface area contributed by atoms with Crippen molar-refractivity contribution in [3.8, 4) is 0 Å². The number of anilines is 1. The molecule has 0 radical (unpaired) electrons. The van der Waals surface area contributed by atoms with Gasteiger partial charge in [-0.2, -0.15) is 0 Å². The van der Waals surface area contributed by atoms with Crippen LogP contribution >= 0.6 is 22.9 Å². The Morgan fingerprint density at radius 3 is 2.32 bits per heavy atom. The van der Waals surface area contributed by atoms with Crippen LogP contribution in [0.15, 0.2) is 30.3 Å². The van der Waals surface area contributed by atoms with Crippen molar-refractivity contribution in [1.29, 1.82) is 0 Å². The minimum absolute atomic E-state index is 0.0825. The summed E-state index contributed by atoms with van der Waals surface area (Å²) in [5, 5.41) is 0. The highest BCUT2D eigenvalue weighted by molar-refractivity contribution is 7.16. The molecule has 5 nitrogen and oxygen atoms in total. The van der Waals surface area contributed by atoms with Crippen LogP contribution < -0.4 is 4.90 Å². The molecule has 0 bridgehead atoms. The molecule has 2 aliphatic rings. The topological polar surface area (TPSA) is 43.9 Å². The third kappa shape index (κ3) is 3.74. The number of thiophene rings is 1. The van der Waals surface area contributed by atoms with Gasteiger partial charge in [0.05, 0.1) is 22.5 Å². The molecule has 3 heterocycles. The number of carbonyl (C=O) groups is 2. The average Bonchev–Trinajstić information content (AvgIpc) is 3.19. The van der Waals surface area contributed by atoms with Gasteiger partial charge in [0.2, 0.25) is 5.91 Å². The van der Waals surface area contributed by atoms with E-state index in [9.17, 15) is 9.59 Å². The van der Waals surface area contributed by atoms with E-state index in [0.29, 0.717) is 0 Å². The lowest BCUT2D eigenvalue weighted by atomic mass is 10.1. The fraction of sp³-hybridized carbons (Fsp3) is 0.429. The van der Waals surface area contributed by atoms with Gasteiger partial charge in [-0.3, -0.25) is 19.4 Å². The van der Waals surface area contributed by atoms with Gasteiger partial charge in [0, 0.05) is 37.6 Å². The van der Waals surface area contributed by atoms with Crippen LogP contribution in [0.5, 0.6) is 0 Å². The molecule has 7 heteroatoms. The number of carbonyl (C=O) groups excluding carboxylic acids is 2. The Bertz CT molecular complexity index is 885. The zero-order chi connectivity index (χ0) is 19.8. The molecule has 4 rings (SSSR count). The van der Waals surface area contributed by atoms with Gasteiger partial charge in [0.25, 0.3) is 5.91 Å². The van der Waals surface area contributed by atoms with E-state index in [2.05, 4.69) is 15.9 Å². The third-order valence-electron chi connectivity index (χ3n) is 5.64. The van der Waals surface area contributed by atoms with E-state index in [4.69, 9.17) is 11.6 Å². The molecule has 0 aliphatic carbocycles. The van der Waals surface area contributed by atoms with E-state index in [0.717, 1.165) is 53.9 Å². The second-order valence-electron chi connectivity index (χ2n) is 7.55. The number of rotatable bonds is 4. The Morgan fingerprint density at radius 1 is 1.04 bits per heavy atom. The molecule has 1 unspecified atom stereocenters. The number of hydrogen-bond donors (Lipinski definition) is 0. The first kappa shape index (κ1) is 19.6. The SMILES string of the molecule is Cc1cccc(C)c1N1C(=O)CC(N2CCN(Cc3ccc(Cl)s3)CC2)C1=O. The van der Waals surface area contributed by atoms with Gasteiger partial charge >= 0.3 is 0 Å². The zero-order valence-corrected chi connectivity index (χ0v) is 17.7. The van der Waals surface area contributed by atoms with Crippen LogP contribution in [-0.4, -0.2) is 53.8 Å². The molecule has 2 fully saturated rings. The minimum Gasteiger partial charge on any atom is -0.296 e. The van der Waals surface area contributed by atoms with Crippen molar-refractivity contribution in [2.75, 3.05) is 31.1 Å². The quantitative estimate of drug-likeness (QED) is 0.714. The molecule has 2 aromatic rings. The van der Waals surface area contributed by atoms with Crippen molar-refractivity contribution in [1.82, 2.24) is 9.80 Å². The Kier molecular flexibility index (Phi) is 5.56. The van der Waals surface area contributed by atoms with Gasteiger partial charge < -0.3 is 0 Å². The van der Waals surface area contributed by atoms with E-state index in [-0.39, 0.29) is 24.3 Å². The normalized spacial score (nSPS) is 21.7. The standard InChI is InChI=1S/C21H24ClN3O2S/c1-14-4-3-5-15(2)20(14)25-19(26)12-17(21(25)27)24-10-8-23(9-11-24)13-16-6-7-18(22)28-16/h3-7,17H,8-13H2,1-2H3. The first-order valence-corrected chi connectivity index (χ1v) is 10.8. The first-order valence-electron chi connectivity index (χ1n) is 9.57. The van der Waals surface area contributed by atoms with Crippen molar-refractivity contribution in [3.63, 3.8) is 0 Å². The molecule has 2 amide bonds. The number of nitrogens with zero attached hydrogens (tertiary/aromatic N) is 3. The molecule has 2 aliphatic heterocycles. The van der Waals surface area contributed by atoms with Crippen molar-refractivity contribution in [3.05, 3.63) is 50.7 Å². The Balaban J connectivity index is 1.42. The minimum atomic E-state index is -0.343. The molecule has 0 spiro atoms. The number of hydrogen-bond acceptors (Lipinski definition) is 5. The average molecular weight is 418 g/mol. The van der Waals surface area contributed by atoms with Crippen LogP contribution in [0, 0.1) is 13.8 Å². The maximum absolute atomic E-state index is 13.1. The zero-order valence-electron chi connectivity index (χ0n) is 16.2. The van der Waals surface area contributed by atoms with Crippen LogP contribution in [0.3, 0.4) is 0 Å². The first-order chi connectivity index (χ1) is 13.4. The summed E-state index contributed by atoms with van der Waals surface area (Å²) in [5.74, 6) is -0.177. The summed E-state index contributed by atoms with van der Waals surface area (Å²) in [7, 11) is 0. The highest BCUT2D eigenvalue weighted by Gasteiger charge is 2.44. The summed E-state index contributed by atoms with van der Waals surface area (Å²) in [5.41, 5.74) is 2.68. The summed E-state index contributed by atoms with van der Waals surface area (Å²) in [4.78, 5) is 33.1. The van der Waals surface area contributed by atoms with Gasteiger partial charge in [-0.05, 0) is 37.1 Å². The summed E-state index contributed by atoms with van der Waals surface area (Å²) >= 11 is 7.63. The molecule has 0 saturated carbocycles. The van der Waals surface area contributed by atoms with Crippen LogP contribution in [0.1, 0.15) is 22.4 Å². The lowest BCUT2D eigenvalue weighted by Gasteiger charge is -2.36. The Labute approximate surface area is 174 Å².